The first-order valence-corrected chi connectivity index (χ1v) is 21.2. The maximum Gasteiger partial charge on any atom is 0.353 e. The van der Waals surface area contributed by atoms with Gasteiger partial charge in [-0.25, -0.2) is 19.1 Å². The smallest absolute Gasteiger partial charge is 0.353 e. The summed E-state index contributed by atoms with van der Waals surface area (Å²) in [7, 11) is 0. The minimum Gasteiger partial charge on any atom is -0.477 e. The molecule has 308 valence electrons. The van der Waals surface area contributed by atoms with Crippen LogP contribution in [-0.2, 0) is 40.8 Å². The molecule has 2 aromatic heterocycles. The van der Waals surface area contributed by atoms with Crippen LogP contribution in [-0.4, -0.2) is 72.8 Å². The number of thiazole rings is 1. The maximum absolute atomic E-state index is 14.4. The zero-order valence-electron chi connectivity index (χ0n) is 33.7. The Bertz CT molecular complexity index is 2340. The Balaban J connectivity index is 1.22. The monoisotopic (exact) mass is 845 g/mol. The van der Waals surface area contributed by atoms with Crippen molar-refractivity contribution in [2.24, 2.45) is 5.16 Å². The largest absolute Gasteiger partial charge is 0.477 e. The normalized spacial score (nSPS) is 17.0. The van der Waals surface area contributed by atoms with Crippen LogP contribution in [0, 0.1) is 0 Å². The average Bonchev–Trinajstić information content (AvgIpc) is 3.70. The molecule has 5 aromatic rings. The number of β-lactam (4-membered cyclic amide) rings is 1. The van der Waals surface area contributed by atoms with E-state index in [1.807, 2.05) is 126 Å². The van der Waals surface area contributed by atoms with Gasteiger partial charge < -0.3 is 25.3 Å². The van der Waals surface area contributed by atoms with Crippen molar-refractivity contribution in [1.29, 1.82) is 0 Å². The van der Waals surface area contributed by atoms with Crippen LogP contribution in [0.25, 0.3) is 0 Å². The van der Waals surface area contributed by atoms with E-state index in [2.05, 4.69) is 15.8 Å². The fraction of sp³-hybridized carbons (Fsp3) is 0.267. The van der Waals surface area contributed by atoms with E-state index in [0.29, 0.717) is 16.5 Å². The number of amides is 2. The molecule has 15 heteroatoms. The molecule has 1 fully saturated rings. The van der Waals surface area contributed by atoms with Crippen molar-refractivity contribution in [3.8, 4) is 0 Å². The molecule has 2 aliphatic heterocycles. The number of aliphatic carboxylic acids is 1. The van der Waals surface area contributed by atoms with Gasteiger partial charge in [-0.2, -0.15) is 0 Å². The quantitative estimate of drug-likeness (QED) is 0.0297. The molecule has 3 N–H and O–H groups in total. The number of nitrogens with one attached hydrogen (secondary N) is 2. The number of nitrogens with zero attached hydrogens (tertiary/aromatic N) is 4. The van der Waals surface area contributed by atoms with E-state index in [4.69, 9.17) is 14.6 Å². The Morgan fingerprint density at radius 1 is 0.867 bits per heavy atom. The highest BCUT2D eigenvalue weighted by Crippen LogP contribution is 2.42. The van der Waals surface area contributed by atoms with E-state index >= 15 is 0 Å². The molecule has 2 amide bonds. The number of anilines is 1. The molecule has 0 radical (unpaired) electrons. The molecular weight excluding hydrogens is 801 g/mol. The number of carboxylic acids is 1. The van der Waals surface area contributed by atoms with Crippen LogP contribution >= 0.6 is 23.1 Å². The summed E-state index contributed by atoms with van der Waals surface area (Å²) in [6, 6.07) is 34.3. The van der Waals surface area contributed by atoms with E-state index in [-0.39, 0.29) is 23.6 Å². The molecule has 3 aromatic carbocycles. The lowest BCUT2D eigenvalue weighted by Gasteiger charge is -2.49. The number of pyridine rings is 1. The standard InChI is InChI=1S/C45H44N6O7S2/c1-43(2,3)57-41(56)44(4,5)58-49-34(37(52)47-35-38(53)51-36(40(54)55)29(27-59-39(35)51)26-50-24-16-9-17-25-50)33-28-60-42(46-33)48-45(30-18-10-6-11-19-30,31-20-12-7-13-21-31)32-22-14-8-15-23-32/h6-25,28,35,39H,26-27H2,1-5H3,(H2-,46,47,48,52,54,55)/p+1/b49-34-/t35-,39-/m1/s1. The number of thioether (sulfide) groups is 1. The highest BCUT2D eigenvalue weighted by Gasteiger charge is 2.55. The second-order valence-electron chi connectivity index (χ2n) is 15.7. The number of aromatic nitrogens is 2. The summed E-state index contributed by atoms with van der Waals surface area (Å²) in [5, 5.41) is 22.3. The number of hydrogen-bond donors (Lipinski definition) is 3. The van der Waals surface area contributed by atoms with E-state index < -0.39 is 51.9 Å². The van der Waals surface area contributed by atoms with Crippen molar-refractivity contribution >= 4 is 57.7 Å². The summed E-state index contributed by atoms with van der Waals surface area (Å²) < 4.78 is 7.40. The molecule has 0 spiro atoms. The second kappa shape index (κ2) is 17.1. The van der Waals surface area contributed by atoms with Crippen molar-refractivity contribution in [3.05, 3.63) is 161 Å². The van der Waals surface area contributed by atoms with E-state index in [1.54, 1.807) is 26.2 Å². The lowest BCUT2D eigenvalue weighted by Crippen LogP contribution is -2.71. The van der Waals surface area contributed by atoms with Crippen LogP contribution in [0.1, 0.15) is 57.0 Å². The molecule has 0 unspecified atom stereocenters. The minimum atomic E-state index is -1.63. The first kappa shape index (κ1) is 41.8. The lowest BCUT2D eigenvalue weighted by molar-refractivity contribution is -0.689. The molecule has 7 rings (SSSR count). The van der Waals surface area contributed by atoms with Gasteiger partial charge in [-0.3, -0.25) is 14.5 Å². The number of benzene rings is 3. The predicted molar refractivity (Wildman–Crippen MR) is 229 cm³/mol. The van der Waals surface area contributed by atoms with Gasteiger partial charge in [0, 0.05) is 28.8 Å². The van der Waals surface area contributed by atoms with Crippen molar-refractivity contribution in [3.63, 3.8) is 0 Å². The zero-order chi connectivity index (χ0) is 42.7. The Morgan fingerprint density at radius 3 is 1.95 bits per heavy atom. The van der Waals surface area contributed by atoms with Gasteiger partial charge in [0.05, 0.1) is 0 Å². The molecule has 4 heterocycles. The third kappa shape index (κ3) is 8.68. The Kier molecular flexibility index (Phi) is 11.9. The van der Waals surface area contributed by atoms with E-state index in [0.717, 1.165) is 16.7 Å². The molecular formula is C45H45N6O7S2+. The van der Waals surface area contributed by atoms with E-state index in [1.165, 1.54) is 41.8 Å². The fourth-order valence-electron chi connectivity index (χ4n) is 6.96. The van der Waals surface area contributed by atoms with Crippen LogP contribution in [0.5, 0.6) is 0 Å². The Hall–Kier alpha value is -6.32. The number of esters is 1. The SMILES string of the molecule is CC(C)(C)OC(=O)C(C)(C)O/N=C(\C(=O)N[C@@H]1C(=O)N2C(C(=O)O)=C(C[n+]3ccccc3)CS[C@H]12)c1csc(NC(c2ccccc2)(c2ccccc2)c2ccccc2)n1. The van der Waals surface area contributed by atoms with Crippen molar-refractivity contribution in [1.82, 2.24) is 15.2 Å². The summed E-state index contributed by atoms with van der Waals surface area (Å²) >= 11 is 2.59. The van der Waals surface area contributed by atoms with Gasteiger partial charge in [-0.15, -0.1) is 23.1 Å². The lowest BCUT2D eigenvalue weighted by atomic mass is 9.77. The highest BCUT2D eigenvalue weighted by atomic mass is 32.2. The second-order valence-corrected chi connectivity index (χ2v) is 17.7. The molecule has 60 heavy (non-hydrogen) atoms. The van der Waals surface area contributed by atoms with Gasteiger partial charge in [0.15, 0.2) is 29.8 Å². The summed E-state index contributed by atoms with van der Waals surface area (Å²) in [6.45, 7) is 8.40. The zero-order valence-corrected chi connectivity index (χ0v) is 35.3. The van der Waals surface area contributed by atoms with Gasteiger partial charge in [0.1, 0.15) is 33.9 Å². The van der Waals surface area contributed by atoms with Crippen molar-refractivity contribution < 1.29 is 38.4 Å². The van der Waals surface area contributed by atoms with Crippen LogP contribution in [0.2, 0.25) is 0 Å². The molecule has 0 bridgehead atoms. The first-order valence-electron chi connectivity index (χ1n) is 19.2. The highest BCUT2D eigenvalue weighted by molar-refractivity contribution is 8.00. The van der Waals surface area contributed by atoms with Gasteiger partial charge >= 0.3 is 11.9 Å². The Morgan fingerprint density at radius 2 is 1.42 bits per heavy atom. The van der Waals surface area contributed by atoms with Crippen LogP contribution in [0.3, 0.4) is 0 Å². The van der Waals surface area contributed by atoms with E-state index in [9.17, 15) is 24.3 Å². The third-order valence-electron chi connectivity index (χ3n) is 9.82. The maximum atomic E-state index is 14.4. The molecule has 0 saturated carbocycles. The predicted octanol–water partition coefficient (Wildman–Crippen LogP) is 6.11. The number of carboxylic acid groups (broad SMARTS) is 1. The molecule has 0 aliphatic carbocycles. The fourth-order valence-corrected chi connectivity index (χ4v) is 9.04. The first-order chi connectivity index (χ1) is 28.7. The summed E-state index contributed by atoms with van der Waals surface area (Å²) in [5.74, 6) is -3.01. The number of carbonyl (C=O) groups excluding carboxylic acids is 3. The van der Waals surface area contributed by atoms with Gasteiger partial charge in [-0.1, -0.05) is 102 Å². The van der Waals surface area contributed by atoms with Crippen LogP contribution in [0.4, 0.5) is 5.13 Å². The molecule has 1 saturated heterocycles. The molecule has 2 aliphatic rings. The molecule has 2 atom stereocenters. The number of carbonyl (C=O) groups is 4. The summed E-state index contributed by atoms with van der Waals surface area (Å²) in [4.78, 5) is 65.7. The number of hydrogen-bond acceptors (Lipinski definition) is 11. The molecule has 13 nitrogen and oxygen atoms in total. The minimum absolute atomic E-state index is 0.101. The number of oxime groups is 1. The number of ether oxygens (including phenoxy) is 1. The topological polar surface area (TPSA) is 163 Å². The van der Waals surface area contributed by atoms with Crippen LogP contribution < -0.4 is 15.2 Å². The van der Waals surface area contributed by atoms with Gasteiger partial charge in [0.25, 0.3) is 11.8 Å². The van der Waals surface area contributed by atoms with Crippen molar-refractivity contribution in [2.75, 3.05) is 11.1 Å². The van der Waals surface area contributed by atoms with Crippen molar-refractivity contribution in [2.45, 2.75) is 69.3 Å². The third-order valence-corrected chi connectivity index (χ3v) is 11.9. The summed E-state index contributed by atoms with van der Waals surface area (Å²) in [6.07, 6.45) is 3.64. The number of fused-ring (bicyclic) bond motifs is 1. The van der Waals surface area contributed by atoms with Gasteiger partial charge in [-0.05, 0) is 51.3 Å². The van der Waals surface area contributed by atoms with Gasteiger partial charge in [0.2, 0.25) is 5.60 Å². The summed E-state index contributed by atoms with van der Waals surface area (Å²) in [5.41, 5.74) is -0.300. The number of rotatable bonds is 14. The average molecular weight is 846 g/mol. The van der Waals surface area contributed by atoms with Crippen LogP contribution in [0.15, 0.2) is 143 Å². The Labute approximate surface area is 356 Å².